The summed E-state index contributed by atoms with van der Waals surface area (Å²) in [5.74, 6) is -3.39. The van der Waals surface area contributed by atoms with Gasteiger partial charge in [0.15, 0.2) is 6.10 Å². The van der Waals surface area contributed by atoms with E-state index in [1.807, 2.05) is 0 Å². The van der Waals surface area contributed by atoms with Gasteiger partial charge in [0.1, 0.15) is 5.00 Å². The summed E-state index contributed by atoms with van der Waals surface area (Å²) in [7, 11) is 0. The van der Waals surface area contributed by atoms with Crippen molar-refractivity contribution in [3.8, 4) is 0 Å². The number of nitro groups is 1. The molecule has 2 amide bonds. The third-order valence-corrected chi connectivity index (χ3v) is 4.53. The van der Waals surface area contributed by atoms with Crippen molar-refractivity contribution in [1.29, 1.82) is 0 Å². The van der Waals surface area contributed by atoms with E-state index in [2.05, 4.69) is 5.32 Å². The summed E-state index contributed by atoms with van der Waals surface area (Å²) in [6, 6.07) is 4.38. The predicted octanol–water partition coefficient (Wildman–Crippen LogP) is 2.12. The third kappa shape index (κ3) is 5.38. The molecule has 0 spiro atoms. The minimum absolute atomic E-state index is 0.0362. The van der Waals surface area contributed by atoms with Crippen molar-refractivity contribution in [3.05, 3.63) is 56.5 Å². The molecule has 0 fully saturated rings. The monoisotopic (exact) mass is 435 g/mol. The van der Waals surface area contributed by atoms with Crippen LogP contribution in [0.4, 0.5) is 10.7 Å². The molecule has 1 unspecified atom stereocenters. The van der Waals surface area contributed by atoms with Crippen molar-refractivity contribution in [1.82, 2.24) is 0 Å². The highest BCUT2D eigenvalue weighted by Gasteiger charge is 2.24. The van der Waals surface area contributed by atoms with Gasteiger partial charge in [-0.2, -0.15) is 0 Å². The van der Waals surface area contributed by atoms with Gasteiger partial charge >= 0.3 is 11.9 Å². The Morgan fingerprint density at radius 2 is 1.83 bits per heavy atom. The minimum Gasteiger partial charge on any atom is -0.462 e. The van der Waals surface area contributed by atoms with Crippen molar-refractivity contribution in [3.63, 3.8) is 0 Å². The van der Waals surface area contributed by atoms with E-state index in [4.69, 9.17) is 15.2 Å². The number of esters is 2. The lowest BCUT2D eigenvalue weighted by Gasteiger charge is -2.13. The smallest absolute Gasteiger partial charge is 0.339 e. The van der Waals surface area contributed by atoms with E-state index in [9.17, 15) is 29.3 Å². The zero-order chi connectivity index (χ0) is 22.4. The molecule has 0 bridgehead atoms. The molecule has 3 N–H and O–H groups in total. The SMILES string of the molecule is CCOC(=O)c1cc(C(=O)OC(C)C(=O)Nc2sccc2C(N)=O)cc([N+](=O)[O-])c1. The van der Waals surface area contributed by atoms with Crippen LogP contribution in [0.1, 0.15) is 44.9 Å². The maximum Gasteiger partial charge on any atom is 0.339 e. The van der Waals surface area contributed by atoms with Gasteiger partial charge in [0.05, 0.1) is 28.2 Å². The summed E-state index contributed by atoms with van der Waals surface area (Å²) < 4.78 is 9.83. The third-order valence-electron chi connectivity index (χ3n) is 3.70. The number of amides is 2. The van der Waals surface area contributed by atoms with Gasteiger partial charge in [-0.05, 0) is 31.4 Å². The first kappa shape index (κ1) is 22.5. The Hall–Kier alpha value is -3.80. The van der Waals surface area contributed by atoms with Crippen LogP contribution < -0.4 is 11.1 Å². The summed E-state index contributed by atoms with van der Waals surface area (Å²) in [6.45, 7) is 2.87. The average molecular weight is 435 g/mol. The number of non-ortho nitro benzene ring substituents is 1. The van der Waals surface area contributed by atoms with E-state index < -0.39 is 40.5 Å². The molecule has 0 radical (unpaired) electrons. The molecule has 158 valence electrons. The van der Waals surface area contributed by atoms with Crippen molar-refractivity contribution < 1.29 is 33.6 Å². The number of thiophene rings is 1. The standard InChI is InChI=1S/C18H17N3O8S/c1-3-28-17(24)10-6-11(8-12(7-10)21(26)27)18(25)29-9(2)15(23)20-16-13(14(19)22)4-5-30-16/h4-9H,3H2,1-2H3,(H2,19,22)(H,20,23). The number of rotatable bonds is 8. The molecule has 0 aliphatic heterocycles. The Bertz CT molecular complexity index is 1020. The van der Waals surface area contributed by atoms with E-state index >= 15 is 0 Å². The van der Waals surface area contributed by atoms with Crippen LogP contribution in [-0.4, -0.2) is 41.4 Å². The molecule has 11 nitrogen and oxygen atoms in total. The number of benzene rings is 1. The molecule has 0 aliphatic rings. The van der Waals surface area contributed by atoms with Crippen LogP contribution in [0, 0.1) is 10.1 Å². The second-order valence-electron chi connectivity index (χ2n) is 5.81. The molecule has 1 aromatic heterocycles. The zero-order valence-corrected chi connectivity index (χ0v) is 16.7. The average Bonchev–Trinajstić information content (AvgIpc) is 3.16. The highest BCUT2D eigenvalue weighted by molar-refractivity contribution is 7.14. The van der Waals surface area contributed by atoms with Crippen LogP contribution in [0.5, 0.6) is 0 Å². The highest BCUT2D eigenvalue weighted by atomic mass is 32.1. The Balaban J connectivity index is 2.18. The maximum absolute atomic E-state index is 12.4. The normalized spacial score (nSPS) is 11.3. The largest absolute Gasteiger partial charge is 0.462 e. The van der Waals surface area contributed by atoms with E-state index in [-0.39, 0.29) is 28.3 Å². The lowest BCUT2D eigenvalue weighted by Crippen LogP contribution is -2.30. The van der Waals surface area contributed by atoms with Gasteiger partial charge in [-0.25, -0.2) is 9.59 Å². The summed E-state index contributed by atoms with van der Waals surface area (Å²) >= 11 is 1.05. The number of anilines is 1. The fourth-order valence-electron chi connectivity index (χ4n) is 2.26. The van der Waals surface area contributed by atoms with Crippen molar-refractivity contribution in [2.45, 2.75) is 20.0 Å². The van der Waals surface area contributed by atoms with Crippen LogP contribution >= 0.6 is 11.3 Å². The first-order valence-corrected chi connectivity index (χ1v) is 9.37. The van der Waals surface area contributed by atoms with Crippen molar-refractivity contribution >= 4 is 45.8 Å². The summed E-state index contributed by atoms with van der Waals surface area (Å²) in [5.41, 5.74) is 4.27. The molecule has 1 atom stereocenters. The number of carbonyl (C=O) groups is 4. The highest BCUT2D eigenvalue weighted by Crippen LogP contribution is 2.23. The number of hydrogen-bond acceptors (Lipinski definition) is 9. The molecular weight excluding hydrogens is 418 g/mol. The van der Waals surface area contributed by atoms with Gasteiger partial charge in [-0.3, -0.25) is 19.7 Å². The Morgan fingerprint density at radius 3 is 2.40 bits per heavy atom. The molecule has 1 heterocycles. The first-order chi connectivity index (χ1) is 14.1. The second kappa shape index (κ2) is 9.60. The quantitative estimate of drug-likeness (QED) is 0.361. The number of nitrogens with two attached hydrogens (primary N) is 1. The van der Waals surface area contributed by atoms with E-state index in [1.165, 1.54) is 13.0 Å². The fraction of sp³-hybridized carbons (Fsp3) is 0.222. The molecule has 2 aromatic rings. The number of nitrogens with one attached hydrogen (secondary N) is 1. The number of nitrogens with zero attached hydrogens (tertiary/aromatic N) is 1. The predicted molar refractivity (Wildman–Crippen MR) is 105 cm³/mol. The lowest BCUT2D eigenvalue weighted by molar-refractivity contribution is -0.384. The molecule has 2 rings (SSSR count). The van der Waals surface area contributed by atoms with E-state index in [0.717, 1.165) is 29.5 Å². The molecule has 0 saturated heterocycles. The van der Waals surface area contributed by atoms with Crippen LogP contribution in [0.3, 0.4) is 0 Å². The lowest BCUT2D eigenvalue weighted by atomic mass is 10.1. The maximum atomic E-state index is 12.4. The van der Waals surface area contributed by atoms with Crippen LogP contribution in [-0.2, 0) is 14.3 Å². The molecule has 1 aromatic carbocycles. The number of ether oxygens (including phenoxy) is 2. The van der Waals surface area contributed by atoms with Gasteiger partial charge < -0.3 is 20.5 Å². The molecular formula is C18H17N3O8S. The molecule has 0 saturated carbocycles. The fourth-order valence-corrected chi connectivity index (χ4v) is 3.06. The van der Waals surface area contributed by atoms with E-state index in [1.54, 1.807) is 12.3 Å². The van der Waals surface area contributed by atoms with Crippen LogP contribution in [0.25, 0.3) is 0 Å². The number of nitro benzene ring substituents is 1. The first-order valence-electron chi connectivity index (χ1n) is 8.49. The van der Waals surface area contributed by atoms with Gasteiger partial charge in [0, 0.05) is 12.1 Å². The number of primary amides is 1. The van der Waals surface area contributed by atoms with Gasteiger partial charge in [0.25, 0.3) is 17.5 Å². The molecule has 0 aliphatic carbocycles. The van der Waals surface area contributed by atoms with Crippen LogP contribution in [0.2, 0.25) is 0 Å². The Morgan fingerprint density at radius 1 is 1.20 bits per heavy atom. The van der Waals surface area contributed by atoms with Crippen molar-refractivity contribution in [2.75, 3.05) is 11.9 Å². The van der Waals surface area contributed by atoms with E-state index in [0.29, 0.717) is 0 Å². The summed E-state index contributed by atoms with van der Waals surface area (Å²) in [6.07, 6.45) is -1.31. The summed E-state index contributed by atoms with van der Waals surface area (Å²) in [4.78, 5) is 58.2. The molecule has 30 heavy (non-hydrogen) atoms. The van der Waals surface area contributed by atoms with Gasteiger partial charge in [0.2, 0.25) is 0 Å². The molecule has 12 heteroatoms. The van der Waals surface area contributed by atoms with Gasteiger partial charge in [-0.1, -0.05) is 0 Å². The second-order valence-corrected chi connectivity index (χ2v) is 6.73. The zero-order valence-electron chi connectivity index (χ0n) is 15.9. The topological polar surface area (TPSA) is 168 Å². The van der Waals surface area contributed by atoms with Crippen LogP contribution in [0.15, 0.2) is 29.6 Å². The Kier molecular flexibility index (Phi) is 7.20. The summed E-state index contributed by atoms with van der Waals surface area (Å²) in [5, 5.41) is 15.3. The number of carbonyl (C=O) groups excluding carboxylic acids is 4. The Labute approximate surface area is 173 Å². The van der Waals surface area contributed by atoms with Gasteiger partial charge in [-0.15, -0.1) is 11.3 Å². The minimum atomic E-state index is -1.31. The number of hydrogen-bond donors (Lipinski definition) is 2. The van der Waals surface area contributed by atoms with Crippen molar-refractivity contribution in [2.24, 2.45) is 5.73 Å².